The van der Waals surface area contributed by atoms with Crippen molar-refractivity contribution in [3.05, 3.63) is 34.9 Å². The van der Waals surface area contributed by atoms with Crippen LogP contribution in [-0.4, -0.2) is 39.1 Å². The van der Waals surface area contributed by atoms with Gasteiger partial charge < -0.3 is 4.90 Å². The Bertz CT molecular complexity index is 535. The van der Waals surface area contributed by atoms with Crippen molar-refractivity contribution in [1.29, 1.82) is 0 Å². The van der Waals surface area contributed by atoms with Crippen LogP contribution < -0.4 is 5.32 Å². The first kappa shape index (κ1) is 16.5. The van der Waals surface area contributed by atoms with Gasteiger partial charge in [0.2, 0.25) is 5.91 Å². The van der Waals surface area contributed by atoms with Crippen molar-refractivity contribution in [2.45, 2.75) is 38.5 Å². The number of carbonyl (C=O) groups excluding carboxylic acids is 1. The summed E-state index contributed by atoms with van der Waals surface area (Å²) in [7, 11) is -0.841. The quantitative estimate of drug-likeness (QED) is 0.902. The predicted octanol–water partition coefficient (Wildman–Crippen LogP) is 2.32. The summed E-state index contributed by atoms with van der Waals surface area (Å²) in [6.45, 7) is 3.88. The van der Waals surface area contributed by atoms with Crippen LogP contribution in [0.3, 0.4) is 0 Å². The summed E-state index contributed by atoms with van der Waals surface area (Å²) >= 11 is 5.92. The molecule has 2 rings (SSSR count). The Labute approximate surface area is 133 Å². The molecule has 1 saturated heterocycles. The van der Waals surface area contributed by atoms with E-state index in [1.54, 1.807) is 6.26 Å². The van der Waals surface area contributed by atoms with E-state index in [0.717, 1.165) is 12.0 Å². The number of nitrogens with zero attached hydrogens (tertiary/aromatic N) is 1. The Balaban J connectivity index is 2.20. The van der Waals surface area contributed by atoms with Gasteiger partial charge in [0, 0.05) is 33.9 Å². The summed E-state index contributed by atoms with van der Waals surface area (Å²) in [5.41, 5.74) is 1.02. The molecule has 21 heavy (non-hydrogen) atoms. The Hall–Kier alpha value is -0.910. The molecule has 6 heteroatoms. The molecule has 0 spiro atoms. The largest absolute Gasteiger partial charge is 0.319 e. The third-order valence-electron chi connectivity index (χ3n) is 3.79. The Morgan fingerprint density at radius 3 is 2.57 bits per heavy atom. The number of hydrogen-bond donors (Lipinski definition) is 1. The van der Waals surface area contributed by atoms with E-state index in [-0.39, 0.29) is 24.2 Å². The standard InChI is InChI=1S/C15H21ClN2O2S/c1-10(8-9-21(3)20)18-14(17-11(2)15(18)19)12-4-6-13(16)7-5-12/h4-7,10-11,14,17H,8-9H2,1-3H3. The van der Waals surface area contributed by atoms with E-state index < -0.39 is 10.8 Å². The zero-order valence-corrected chi connectivity index (χ0v) is 14.1. The van der Waals surface area contributed by atoms with E-state index in [1.807, 2.05) is 43.0 Å². The highest BCUT2D eigenvalue weighted by Gasteiger charge is 2.39. The Morgan fingerprint density at radius 2 is 2.00 bits per heavy atom. The molecular formula is C15H21ClN2O2S. The molecule has 4 atom stereocenters. The average molecular weight is 329 g/mol. The summed E-state index contributed by atoms with van der Waals surface area (Å²) in [5.74, 6) is 0.691. The number of hydrogen-bond acceptors (Lipinski definition) is 3. The summed E-state index contributed by atoms with van der Waals surface area (Å²) in [6.07, 6.45) is 2.27. The van der Waals surface area contributed by atoms with Crippen LogP contribution in [0, 0.1) is 0 Å². The van der Waals surface area contributed by atoms with E-state index in [4.69, 9.17) is 11.6 Å². The molecule has 0 bridgehead atoms. The van der Waals surface area contributed by atoms with Gasteiger partial charge in [-0.25, -0.2) is 0 Å². The highest BCUT2D eigenvalue weighted by atomic mass is 35.5. The van der Waals surface area contributed by atoms with Crippen molar-refractivity contribution in [3.8, 4) is 0 Å². The monoisotopic (exact) mass is 328 g/mol. The van der Waals surface area contributed by atoms with Gasteiger partial charge >= 0.3 is 0 Å². The molecule has 1 aromatic rings. The van der Waals surface area contributed by atoms with Gasteiger partial charge in [0.1, 0.15) is 6.17 Å². The predicted molar refractivity (Wildman–Crippen MR) is 86.6 cm³/mol. The number of carbonyl (C=O) groups is 1. The fourth-order valence-corrected chi connectivity index (χ4v) is 3.39. The Morgan fingerprint density at radius 1 is 1.38 bits per heavy atom. The average Bonchev–Trinajstić information content (AvgIpc) is 2.73. The molecule has 0 aromatic heterocycles. The second-order valence-electron chi connectivity index (χ2n) is 5.50. The molecule has 4 unspecified atom stereocenters. The molecule has 1 aliphatic rings. The molecule has 1 aromatic carbocycles. The minimum absolute atomic E-state index is 0.0412. The third-order valence-corrected chi connectivity index (χ3v) is 4.86. The molecule has 0 aliphatic carbocycles. The minimum atomic E-state index is -0.841. The van der Waals surface area contributed by atoms with Crippen LogP contribution in [0.25, 0.3) is 0 Å². The van der Waals surface area contributed by atoms with Gasteiger partial charge in [0.25, 0.3) is 0 Å². The molecule has 1 amide bonds. The highest BCUT2D eigenvalue weighted by molar-refractivity contribution is 7.84. The fourth-order valence-electron chi connectivity index (χ4n) is 2.59. The van der Waals surface area contributed by atoms with Crippen LogP contribution in [0.5, 0.6) is 0 Å². The first-order chi connectivity index (χ1) is 9.90. The Kier molecular flexibility index (Phi) is 5.41. The molecule has 1 fully saturated rings. The van der Waals surface area contributed by atoms with Gasteiger partial charge in [-0.05, 0) is 38.0 Å². The molecule has 1 N–H and O–H groups in total. The van der Waals surface area contributed by atoms with E-state index in [9.17, 15) is 9.00 Å². The maximum Gasteiger partial charge on any atom is 0.241 e. The third kappa shape index (κ3) is 3.84. The lowest BCUT2D eigenvalue weighted by molar-refractivity contribution is -0.131. The van der Waals surface area contributed by atoms with Crippen LogP contribution >= 0.6 is 11.6 Å². The van der Waals surface area contributed by atoms with Crippen LogP contribution in [0.15, 0.2) is 24.3 Å². The van der Waals surface area contributed by atoms with Crippen molar-refractivity contribution in [3.63, 3.8) is 0 Å². The van der Waals surface area contributed by atoms with Crippen molar-refractivity contribution in [2.24, 2.45) is 0 Å². The molecule has 0 radical (unpaired) electrons. The minimum Gasteiger partial charge on any atom is -0.319 e. The van der Waals surface area contributed by atoms with E-state index >= 15 is 0 Å². The number of benzene rings is 1. The number of halogens is 1. The molecule has 116 valence electrons. The molecular weight excluding hydrogens is 308 g/mol. The normalized spacial score (nSPS) is 25.1. The SMILES string of the molecule is CC1NC(c2ccc(Cl)cc2)N(C(C)CCS(C)=O)C1=O. The molecule has 4 nitrogen and oxygen atoms in total. The summed E-state index contributed by atoms with van der Waals surface area (Å²) in [4.78, 5) is 14.3. The lowest BCUT2D eigenvalue weighted by Gasteiger charge is -2.30. The second-order valence-corrected chi connectivity index (χ2v) is 7.49. The first-order valence-corrected chi connectivity index (χ1v) is 9.14. The summed E-state index contributed by atoms with van der Waals surface area (Å²) < 4.78 is 11.3. The number of nitrogens with one attached hydrogen (secondary N) is 1. The van der Waals surface area contributed by atoms with Gasteiger partial charge in [0.05, 0.1) is 6.04 Å². The number of rotatable bonds is 5. The molecule has 1 aliphatic heterocycles. The topological polar surface area (TPSA) is 49.4 Å². The lowest BCUT2D eigenvalue weighted by Crippen LogP contribution is -2.39. The van der Waals surface area contributed by atoms with Gasteiger partial charge in [-0.1, -0.05) is 23.7 Å². The van der Waals surface area contributed by atoms with Crippen LogP contribution in [0.2, 0.25) is 5.02 Å². The van der Waals surface area contributed by atoms with E-state index in [2.05, 4.69) is 5.32 Å². The van der Waals surface area contributed by atoms with Crippen molar-refractivity contribution < 1.29 is 9.00 Å². The van der Waals surface area contributed by atoms with Crippen LogP contribution in [0.1, 0.15) is 32.0 Å². The smallest absolute Gasteiger partial charge is 0.241 e. The van der Waals surface area contributed by atoms with E-state index in [0.29, 0.717) is 10.8 Å². The van der Waals surface area contributed by atoms with E-state index in [1.165, 1.54) is 0 Å². The first-order valence-electron chi connectivity index (χ1n) is 7.04. The van der Waals surface area contributed by atoms with Crippen LogP contribution in [-0.2, 0) is 15.6 Å². The van der Waals surface area contributed by atoms with Crippen molar-refractivity contribution in [2.75, 3.05) is 12.0 Å². The molecule has 0 saturated carbocycles. The van der Waals surface area contributed by atoms with Crippen LogP contribution in [0.4, 0.5) is 0 Å². The van der Waals surface area contributed by atoms with Crippen molar-refractivity contribution in [1.82, 2.24) is 10.2 Å². The van der Waals surface area contributed by atoms with Gasteiger partial charge in [-0.2, -0.15) is 0 Å². The fraction of sp³-hybridized carbons (Fsp3) is 0.533. The highest BCUT2D eigenvalue weighted by Crippen LogP contribution is 2.29. The van der Waals surface area contributed by atoms with Gasteiger partial charge in [0.15, 0.2) is 0 Å². The van der Waals surface area contributed by atoms with Crippen molar-refractivity contribution >= 4 is 28.3 Å². The second kappa shape index (κ2) is 6.90. The zero-order valence-electron chi connectivity index (χ0n) is 12.5. The summed E-state index contributed by atoms with van der Waals surface area (Å²) in [6, 6.07) is 7.36. The molecule has 1 heterocycles. The maximum absolute atomic E-state index is 12.4. The van der Waals surface area contributed by atoms with Gasteiger partial charge in [-0.3, -0.25) is 14.3 Å². The zero-order chi connectivity index (χ0) is 15.6. The number of amides is 1. The lowest BCUT2D eigenvalue weighted by atomic mass is 10.1. The van der Waals surface area contributed by atoms with Gasteiger partial charge in [-0.15, -0.1) is 0 Å². The maximum atomic E-state index is 12.4. The summed E-state index contributed by atoms with van der Waals surface area (Å²) in [5, 5.41) is 3.99.